The Bertz CT molecular complexity index is 357. The molecule has 14 heavy (non-hydrogen) atoms. The molecular weight excluding hydrogens is 300 g/mol. The number of halogens is 2. The topological polar surface area (TPSA) is 52.3 Å². The van der Waals surface area contributed by atoms with Gasteiger partial charge >= 0.3 is 6.09 Å². The smallest absolute Gasteiger partial charge is 0.405 e. The fraction of sp³-hybridized carbons (Fsp3) is 0.222. The van der Waals surface area contributed by atoms with E-state index in [0.29, 0.717) is 9.13 Å². The lowest BCUT2D eigenvalue weighted by molar-refractivity contribution is 0.114. The van der Waals surface area contributed by atoms with Gasteiger partial charge in [0.1, 0.15) is 11.9 Å². The van der Waals surface area contributed by atoms with Gasteiger partial charge in [0.05, 0.1) is 0 Å². The molecule has 0 fully saturated rings. The highest BCUT2D eigenvalue weighted by molar-refractivity contribution is 14.1. The second kappa shape index (κ2) is 4.59. The molecule has 5 heteroatoms. The van der Waals surface area contributed by atoms with Gasteiger partial charge < -0.3 is 10.5 Å². The minimum Gasteiger partial charge on any atom is -0.442 e. The first-order valence-corrected chi connectivity index (χ1v) is 5.00. The zero-order valence-corrected chi connectivity index (χ0v) is 9.62. The Morgan fingerprint density at radius 2 is 2.29 bits per heavy atom. The molecule has 0 aliphatic rings. The van der Waals surface area contributed by atoms with Gasteiger partial charge in [-0.2, -0.15) is 0 Å². The molecule has 0 heterocycles. The van der Waals surface area contributed by atoms with Gasteiger partial charge in [-0.25, -0.2) is 9.18 Å². The quantitative estimate of drug-likeness (QED) is 0.854. The number of benzene rings is 1. The molecule has 1 unspecified atom stereocenters. The van der Waals surface area contributed by atoms with Crippen LogP contribution in [0.1, 0.15) is 18.6 Å². The van der Waals surface area contributed by atoms with Gasteiger partial charge in [-0.05, 0) is 35.6 Å². The highest BCUT2D eigenvalue weighted by atomic mass is 127. The van der Waals surface area contributed by atoms with Crippen molar-refractivity contribution in [3.63, 3.8) is 0 Å². The summed E-state index contributed by atoms with van der Waals surface area (Å²) in [7, 11) is 0. The number of primary amides is 1. The number of nitrogens with two attached hydrogens (primary N) is 1. The van der Waals surface area contributed by atoms with Crippen LogP contribution in [0.25, 0.3) is 0 Å². The average molecular weight is 309 g/mol. The summed E-state index contributed by atoms with van der Waals surface area (Å²) in [5.41, 5.74) is 5.16. The van der Waals surface area contributed by atoms with Crippen molar-refractivity contribution in [2.75, 3.05) is 0 Å². The molecule has 3 nitrogen and oxygen atoms in total. The number of hydrogen-bond acceptors (Lipinski definition) is 2. The van der Waals surface area contributed by atoms with E-state index in [1.807, 2.05) is 22.6 Å². The molecule has 1 atom stereocenters. The minimum atomic E-state index is -0.907. The predicted molar refractivity (Wildman–Crippen MR) is 58.2 cm³/mol. The molecule has 76 valence electrons. The summed E-state index contributed by atoms with van der Waals surface area (Å²) in [6.07, 6.45) is -1.57. The summed E-state index contributed by atoms with van der Waals surface area (Å²) in [5.74, 6) is -0.373. The van der Waals surface area contributed by atoms with Crippen LogP contribution in [-0.2, 0) is 4.74 Å². The Labute approximate surface area is 94.6 Å². The van der Waals surface area contributed by atoms with Gasteiger partial charge in [-0.15, -0.1) is 0 Å². The normalized spacial score (nSPS) is 12.2. The van der Waals surface area contributed by atoms with Crippen LogP contribution in [0.4, 0.5) is 9.18 Å². The lowest BCUT2D eigenvalue weighted by Gasteiger charge is -2.12. The van der Waals surface area contributed by atoms with Crippen molar-refractivity contribution in [1.29, 1.82) is 0 Å². The van der Waals surface area contributed by atoms with Crippen LogP contribution in [0.2, 0.25) is 0 Å². The van der Waals surface area contributed by atoms with E-state index in [4.69, 9.17) is 5.73 Å². The fourth-order valence-electron chi connectivity index (χ4n) is 1.07. The van der Waals surface area contributed by atoms with Gasteiger partial charge in [0.25, 0.3) is 0 Å². The summed E-state index contributed by atoms with van der Waals surface area (Å²) < 4.78 is 18.6. The maximum atomic E-state index is 13.5. The van der Waals surface area contributed by atoms with E-state index < -0.39 is 12.2 Å². The summed E-state index contributed by atoms with van der Waals surface area (Å²) in [6.45, 7) is 1.57. The van der Waals surface area contributed by atoms with Crippen LogP contribution in [0, 0.1) is 9.39 Å². The van der Waals surface area contributed by atoms with Gasteiger partial charge in [0.15, 0.2) is 0 Å². The van der Waals surface area contributed by atoms with E-state index >= 15 is 0 Å². The zero-order chi connectivity index (χ0) is 10.7. The van der Waals surface area contributed by atoms with Crippen LogP contribution in [0.5, 0.6) is 0 Å². The summed E-state index contributed by atoms with van der Waals surface area (Å²) in [4.78, 5) is 10.5. The van der Waals surface area contributed by atoms with Crippen molar-refractivity contribution >= 4 is 28.7 Å². The first-order chi connectivity index (χ1) is 6.52. The number of amides is 1. The lowest BCUT2D eigenvalue weighted by atomic mass is 10.1. The molecule has 0 saturated heterocycles. The molecule has 0 bridgehead atoms. The first kappa shape index (κ1) is 11.2. The second-order valence-corrected chi connectivity index (χ2v) is 3.88. The average Bonchev–Trinajstić information content (AvgIpc) is 2.08. The van der Waals surface area contributed by atoms with Crippen molar-refractivity contribution in [1.82, 2.24) is 0 Å². The summed E-state index contributed by atoms with van der Waals surface area (Å²) >= 11 is 1.87. The monoisotopic (exact) mass is 309 g/mol. The maximum absolute atomic E-state index is 13.5. The van der Waals surface area contributed by atoms with Gasteiger partial charge in [-0.3, -0.25) is 0 Å². The molecule has 1 aromatic rings. The Hall–Kier alpha value is -0.850. The van der Waals surface area contributed by atoms with Crippen molar-refractivity contribution in [2.24, 2.45) is 5.73 Å². The Morgan fingerprint density at radius 1 is 1.64 bits per heavy atom. The van der Waals surface area contributed by atoms with Crippen LogP contribution in [-0.4, -0.2) is 6.09 Å². The van der Waals surface area contributed by atoms with Crippen molar-refractivity contribution in [3.8, 4) is 0 Å². The molecule has 0 aliphatic heterocycles. The molecule has 2 N–H and O–H groups in total. The fourth-order valence-corrected chi connectivity index (χ4v) is 1.59. The third kappa shape index (κ3) is 2.57. The Balaban J connectivity index is 2.95. The first-order valence-electron chi connectivity index (χ1n) is 3.92. The van der Waals surface area contributed by atoms with Crippen molar-refractivity contribution in [3.05, 3.63) is 33.1 Å². The maximum Gasteiger partial charge on any atom is 0.405 e. The summed E-state index contributed by atoms with van der Waals surface area (Å²) in [5, 5.41) is 0. The van der Waals surface area contributed by atoms with Crippen LogP contribution in [0.3, 0.4) is 0 Å². The second-order valence-electron chi connectivity index (χ2n) is 2.72. The molecule has 1 amide bonds. The largest absolute Gasteiger partial charge is 0.442 e. The van der Waals surface area contributed by atoms with Crippen LogP contribution < -0.4 is 5.73 Å². The van der Waals surface area contributed by atoms with E-state index in [1.54, 1.807) is 25.1 Å². The predicted octanol–water partition coefficient (Wildman–Crippen LogP) is 2.59. The number of carbonyl (C=O) groups is 1. The molecule has 0 aliphatic carbocycles. The standard InChI is InChI=1S/C9H9FINO2/c1-5(14-9(12)13)6-3-2-4-7(11)8(6)10/h2-5H,1H3,(H2,12,13). The molecule has 1 rings (SSSR count). The van der Waals surface area contributed by atoms with E-state index in [9.17, 15) is 9.18 Å². The molecule has 1 aromatic carbocycles. The van der Waals surface area contributed by atoms with Gasteiger partial charge in [0, 0.05) is 9.13 Å². The summed E-state index contributed by atoms with van der Waals surface area (Å²) in [6, 6.07) is 4.89. The van der Waals surface area contributed by atoms with Crippen molar-refractivity contribution in [2.45, 2.75) is 13.0 Å². The van der Waals surface area contributed by atoms with E-state index in [1.165, 1.54) is 0 Å². The number of rotatable bonds is 2. The number of hydrogen-bond donors (Lipinski definition) is 1. The SMILES string of the molecule is CC(OC(N)=O)c1cccc(I)c1F. The molecule has 0 radical (unpaired) electrons. The molecule has 0 aromatic heterocycles. The lowest BCUT2D eigenvalue weighted by Crippen LogP contribution is -2.16. The molecule has 0 spiro atoms. The zero-order valence-electron chi connectivity index (χ0n) is 7.46. The van der Waals surface area contributed by atoms with Gasteiger partial charge in [0.2, 0.25) is 0 Å². The third-order valence-corrected chi connectivity index (χ3v) is 2.55. The van der Waals surface area contributed by atoms with Crippen LogP contribution >= 0.6 is 22.6 Å². The highest BCUT2D eigenvalue weighted by Crippen LogP contribution is 2.23. The van der Waals surface area contributed by atoms with Gasteiger partial charge in [-0.1, -0.05) is 12.1 Å². The van der Waals surface area contributed by atoms with Crippen molar-refractivity contribution < 1.29 is 13.9 Å². The van der Waals surface area contributed by atoms with E-state index in [-0.39, 0.29) is 5.82 Å². The Morgan fingerprint density at radius 3 is 2.86 bits per heavy atom. The minimum absolute atomic E-state index is 0.329. The highest BCUT2D eigenvalue weighted by Gasteiger charge is 2.15. The number of ether oxygens (including phenoxy) is 1. The van der Waals surface area contributed by atoms with E-state index in [0.717, 1.165) is 0 Å². The molecule has 0 saturated carbocycles. The van der Waals surface area contributed by atoms with Crippen LogP contribution in [0.15, 0.2) is 18.2 Å². The number of carbonyl (C=O) groups excluding carboxylic acids is 1. The van der Waals surface area contributed by atoms with E-state index in [2.05, 4.69) is 4.74 Å². The Kier molecular flexibility index (Phi) is 3.68. The molecular formula is C9H9FINO2. The third-order valence-electron chi connectivity index (χ3n) is 1.71.